The summed E-state index contributed by atoms with van der Waals surface area (Å²) in [5.74, 6) is -0.0300. The first-order valence-corrected chi connectivity index (χ1v) is 6.75. The van der Waals surface area contributed by atoms with E-state index in [0.29, 0.717) is 10.7 Å². The van der Waals surface area contributed by atoms with Crippen molar-refractivity contribution in [3.8, 4) is 0 Å². The molecule has 0 fully saturated rings. The minimum atomic E-state index is -0.324. The van der Waals surface area contributed by atoms with Crippen LogP contribution in [0.5, 0.6) is 0 Å². The van der Waals surface area contributed by atoms with Gasteiger partial charge in [0.25, 0.3) is 0 Å². The second-order valence-corrected chi connectivity index (χ2v) is 5.08. The van der Waals surface area contributed by atoms with Gasteiger partial charge in [-0.3, -0.25) is 10.1 Å². The Bertz CT molecular complexity index is 685. The fourth-order valence-electron chi connectivity index (χ4n) is 1.55. The molecule has 116 valence electrons. The second-order valence-electron chi connectivity index (χ2n) is 4.64. The predicted octanol–water partition coefficient (Wildman–Crippen LogP) is 1.66. The molecule has 0 saturated carbocycles. The van der Waals surface area contributed by atoms with Gasteiger partial charge in [0.1, 0.15) is 6.54 Å². The van der Waals surface area contributed by atoms with E-state index in [0.717, 1.165) is 0 Å². The van der Waals surface area contributed by atoms with E-state index in [9.17, 15) is 9.59 Å². The number of amides is 3. The van der Waals surface area contributed by atoms with Crippen LogP contribution in [0, 0.1) is 0 Å². The summed E-state index contributed by atoms with van der Waals surface area (Å²) in [6, 6.07) is 6.49. The number of nitrogens with one attached hydrogen (secondary N) is 2. The van der Waals surface area contributed by atoms with Gasteiger partial charge in [0.2, 0.25) is 5.91 Å². The highest BCUT2D eigenvalue weighted by Gasteiger charge is 2.10. The fourth-order valence-corrected chi connectivity index (χ4v) is 1.74. The molecule has 8 nitrogen and oxygen atoms in total. The summed E-state index contributed by atoms with van der Waals surface area (Å²) in [5, 5.41) is 13.7. The fraction of sp³-hybridized carbons (Fsp3) is 0.231. The highest BCUT2D eigenvalue weighted by molar-refractivity contribution is 6.30. The number of hydrogen-bond donors (Lipinski definition) is 2. The average Bonchev–Trinajstić information content (AvgIpc) is 2.85. The maximum Gasteiger partial charge on any atom is 0.322 e. The molecular formula is C13H15ClN6O2. The van der Waals surface area contributed by atoms with E-state index in [1.807, 2.05) is 0 Å². The second kappa shape index (κ2) is 6.90. The van der Waals surface area contributed by atoms with Crippen LogP contribution < -0.4 is 10.6 Å². The van der Waals surface area contributed by atoms with Crippen LogP contribution >= 0.6 is 11.6 Å². The number of carbonyl (C=O) groups excluding carboxylic acids is 2. The van der Waals surface area contributed by atoms with Gasteiger partial charge in [-0.1, -0.05) is 17.7 Å². The smallest absolute Gasteiger partial charge is 0.322 e. The number of aromatic nitrogens is 3. The van der Waals surface area contributed by atoms with Gasteiger partial charge in [-0.15, -0.1) is 5.10 Å². The third-order valence-electron chi connectivity index (χ3n) is 2.57. The zero-order valence-electron chi connectivity index (χ0n) is 12.1. The molecule has 2 rings (SSSR count). The van der Waals surface area contributed by atoms with Gasteiger partial charge in [-0.05, 0) is 18.2 Å². The summed E-state index contributed by atoms with van der Waals surface area (Å²) >= 11 is 5.84. The molecule has 0 spiro atoms. The van der Waals surface area contributed by atoms with Crippen molar-refractivity contribution in [3.05, 3.63) is 35.5 Å². The van der Waals surface area contributed by atoms with E-state index >= 15 is 0 Å². The molecule has 0 bridgehead atoms. The van der Waals surface area contributed by atoms with E-state index in [-0.39, 0.29) is 24.3 Å². The third kappa shape index (κ3) is 4.45. The van der Waals surface area contributed by atoms with Crippen LogP contribution in [0.4, 0.5) is 16.3 Å². The Hall–Kier alpha value is -2.61. The Morgan fingerprint density at radius 1 is 1.32 bits per heavy atom. The van der Waals surface area contributed by atoms with Crippen LogP contribution in [-0.4, -0.2) is 45.9 Å². The van der Waals surface area contributed by atoms with Crippen molar-refractivity contribution in [3.63, 3.8) is 0 Å². The van der Waals surface area contributed by atoms with Crippen LogP contribution in [0.3, 0.4) is 0 Å². The minimum absolute atomic E-state index is 0.0790. The maximum atomic E-state index is 11.9. The lowest BCUT2D eigenvalue weighted by Gasteiger charge is -2.09. The third-order valence-corrected chi connectivity index (χ3v) is 2.81. The summed E-state index contributed by atoms with van der Waals surface area (Å²) in [6.07, 6.45) is 1.37. The van der Waals surface area contributed by atoms with Gasteiger partial charge < -0.3 is 10.2 Å². The van der Waals surface area contributed by atoms with Crippen LogP contribution in [0.1, 0.15) is 0 Å². The Kier molecular flexibility index (Phi) is 4.95. The number of anilines is 2. The molecule has 1 aromatic heterocycles. The van der Waals surface area contributed by atoms with Gasteiger partial charge in [0, 0.05) is 24.8 Å². The maximum absolute atomic E-state index is 11.9. The number of nitrogens with zero attached hydrogens (tertiary/aromatic N) is 4. The quantitative estimate of drug-likeness (QED) is 0.895. The normalized spacial score (nSPS) is 10.1. The number of carbonyl (C=O) groups is 2. The number of urea groups is 1. The number of hydrogen-bond acceptors (Lipinski definition) is 4. The Morgan fingerprint density at radius 3 is 2.77 bits per heavy atom. The van der Waals surface area contributed by atoms with Crippen LogP contribution in [-0.2, 0) is 11.3 Å². The molecular weight excluding hydrogens is 308 g/mol. The molecule has 22 heavy (non-hydrogen) atoms. The molecule has 0 unspecified atom stereocenters. The highest BCUT2D eigenvalue weighted by atomic mass is 35.5. The molecule has 0 saturated heterocycles. The van der Waals surface area contributed by atoms with Gasteiger partial charge in [-0.2, -0.15) is 9.90 Å². The van der Waals surface area contributed by atoms with Crippen molar-refractivity contribution in [1.82, 2.24) is 19.9 Å². The summed E-state index contributed by atoms with van der Waals surface area (Å²) in [5.41, 5.74) is 0.589. The Balaban J connectivity index is 1.92. The lowest BCUT2D eigenvalue weighted by Crippen LogP contribution is -2.27. The molecule has 0 aliphatic carbocycles. The summed E-state index contributed by atoms with van der Waals surface area (Å²) < 4.78 is 0. The molecule has 0 atom stereocenters. The molecule has 1 heterocycles. The summed E-state index contributed by atoms with van der Waals surface area (Å²) in [4.78, 5) is 25.9. The number of benzene rings is 1. The van der Waals surface area contributed by atoms with E-state index in [1.165, 1.54) is 15.9 Å². The van der Waals surface area contributed by atoms with Crippen LogP contribution in [0.15, 0.2) is 30.5 Å². The number of halogens is 1. The summed E-state index contributed by atoms with van der Waals surface area (Å²) in [6.45, 7) is -0.0790. The SMILES string of the molecule is CN(C)C(=O)Nc1cnn(CC(=O)Nc2cccc(Cl)c2)n1. The Labute approximate surface area is 132 Å². The topological polar surface area (TPSA) is 92.2 Å². The standard InChI is InChI=1S/C13H15ClN6O2/c1-19(2)13(22)17-11-7-15-20(18-11)8-12(21)16-10-5-3-4-9(14)6-10/h3-7H,8H2,1-2H3,(H,16,21)(H,17,18,22). The molecule has 9 heteroatoms. The highest BCUT2D eigenvalue weighted by Crippen LogP contribution is 2.14. The van der Waals surface area contributed by atoms with Gasteiger partial charge in [0.05, 0.1) is 6.20 Å². The lowest BCUT2D eigenvalue weighted by molar-refractivity contribution is -0.117. The number of rotatable bonds is 4. The van der Waals surface area contributed by atoms with Gasteiger partial charge in [-0.25, -0.2) is 4.79 Å². The van der Waals surface area contributed by atoms with E-state index in [4.69, 9.17) is 11.6 Å². The van der Waals surface area contributed by atoms with Crippen molar-refractivity contribution in [2.24, 2.45) is 0 Å². The molecule has 0 aliphatic rings. The van der Waals surface area contributed by atoms with Crippen molar-refractivity contribution in [1.29, 1.82) is 0 Å². The first-order valence-electron chi connectivity index (χ1n) is 6.38. The molecule has 2 aromatic rings. The predicted molar refractivity (Wildman–Crippen MR) is 82.8 cm³/mol. The zero-order chi connectivity index (χ0) is 16.1. The molecule has 0 radical (unpaired) electrons. The molecule has 3 amide bonds. The van der Waals surface area contributed by atoms with Crippen molar-refractivity contribution >= 4 is 35.0 Å². The first kappa shape index (κ1) is 15.8. The Morgan fingerprint density at radius 2 is 2.09 bits per heavy atom. The van der Waals surface area contributed by atoms with Gasteiger partial charge in [0.15, 0.2) is 5.82 Å². The van der Waals surface area contributed by atoms with Gasteiger partial charge >= 0.3 is 6.03 Å². The largest absolute Gasteiger partial charge is 0.331 e. The van der Waals surface area contributed by atoms with E-state index < -0.39 is 0 Å². The van der Waals surface area contributed by atoms with Crippen molar-refractivity contribution < 1.29 is 9.59 Å². The van der Waals surface area contributed by atoms with Crippen LogP contribution in [0.25, 0.3) is 0 Å². The minimum Gasteiger partial charge on any atom is -0.331 e. The lowest BCUT2D eigenvalue weighted by atomic mass is 10.3. The van der Waals surface area contributed by atoms with Crippen molar-refractivity contribution in [2.45, 2.75) is 6.54 Å². The first-order chi connectivity index (χ1) is 10.4. The van der Waals surface area contributed by atoms with E-state index in [1.54, 1.807) is 38.4 Å². The van der Waals surface area contributed by atoms with Crippen LogP contribution in [0.2, 0.25) is 5.02 Å². The van der Waals surface area contributed by atoms with Crippen molar-refractivity contribution in [2.75, 3.05) is 24.7 Å². The molecule has 1 aromatic carbocycles. The summed E-state index contributed by atoms with van der Waals surface area (Å²) in [7, 11) is 3.22. The zero-order valence-corrected chi connectivity index (χ0v) is 12.8. The van der Waals surface area contributed by atoms with E-state index in [2.05, 4.69) is 20.8 Å². The monoisotopic (exact) mass is 322 g/mol. The average molecular weight is 323 g/mol. The molecule has 0 aliphatic heterocycles. The molecule has 2 N–H and O–H groups in total.